The van der Waals surface area contributed by atoms with Gasteiger partial charge in [0.15, 0.2) is 0 Å². The van der Waals surface area contributed by atoms with Crippen molar-refractivity contribution < 1.29 is 14.2 Å². The van der Waals surface area contributed by atoms with E-state index in [1.165, 1.54) is 12.1 Å². The Morgan fingerprint density at radius 2 is 2.04 bits per heavy atom. The van der Waals surface area contributed by atoms with Gasteiger partial charge < -0.3 is 9.84 Å². The van der Waals surface area contributed by atoms with Gasteiger partial charge in [0.25, 0.3) is 0 Å². The van der Waals surface area contributed by atoms with Gasteiger partial charge in [-0.25, -0.2) is 4.39 Å². The van der Waals surface area contributed by atoms with Gasteiger partial charge >= 0.3 is 0 Å². The van der Waals surface area contributed by atoms with Crippen molar-refractivity contribution in [1.82, 2.24) is 9.78 Å². The fourth-order valence-corrected chi connectivity index (χ4v) is 3.25. The van der Waals surface area contributed by atoms with Crippen LogP contribution in [0.2, 0.25) is 0 Å². The van der Waals surface area contributed by atoms with Crippen LogP contribution in [0.25, 0.3) is 10.8 Å². The summed E-state index contributed by atoms with van der Waals surface area (Å²) in [6, 6.07) is 10.0. The molecule has 6 heteroatoms. The first-order chi connectivity index (χ1) is 11.6. The van der Waals surface area contributed by atoms with Gasteiger partial charge in [-0.2, -0.15) is 5.10 Å². The lowest BCUT2D eigenvalue weighted by atomic mass is 10.0. The summed E-state index contributed by atoms with van der Waals surface area (Å²) in [6.45, 7) is 1.28. The zero-order valence-corrected chi connectivity index (χ0v) is 14.9. The molecule has 0 saturated heterocycles. The summed E-state index contributed by atoms with van der Waals surface area (Å²) in [5.41, 5.74) is 2.04. The molecule has 0 amide bonds. The van der Waals surface area contributed by atoms with E-state index in [9.17, 15) is 9.50 Å². The van der Waals surface area contributed by atoms with Crippen molar-refractivity contribution in [2.75, 3.05) is 13.7 Å². The Balaban J connectivity index is 1.81. The largest absolute Gasteiger partial charge is 0.507 e. The van der Waals surface area contributed by atoms with Crippen LogP contribution in [-0.4, -0.2) is 28.6 Å². The number of aromatic nitrogens is 2. The molecule has 0 aliphatic rings. The van der Waals surface area contributed by atoms with Crippen LogP contribution in [0, 0.1) is 5.82 Å². The Hall–Kier alpha value is -1.92. The zero-order chi connectivity index (χ0) is 17.1. The molecule has 0 saturated carbocycles. The smallest absolute Gasteiger partial charge is 0.128 e. The number of phenols is 1. The number of ether oxygens (including phenoxy) is 1. The van der Waals surface area contributed by atoms with Crippen LogP contribution in [0.5, 0.6) is 5.75 Å². The Morgan fingerprint density at radius 3 is 2.83 bits per heavy atom. The number of halogens is 2. The SMILES string of the molecule is COCCn1nc(Br)cc1CCc1cc(O)c2ccc(F)cc2c1. The minimum absolute atomic E-state index is 0.177. The summed E-state index contributed by atoms with van der Waals surface area (Å²) >= 11 is 3.40. The molecule has 2 aromatic carbocycles. The third-order valence-electron chi connectivity index (χ3n) is 3.96. The van der Waals surface area contributed by atoms with Gasteiger partial charge in [-0.3, -0.25) is 4.68 Å². The normalized spacial score (nSPS) is 11.3. The molecular weight excluding hydrogens is 375 g/mol. The van der Waals surface area contributed by atoms with Gasteiger partial charge in [0.05, 0.1) is 13.2 Å². The minimum atomic E-state index is -0.305. The lowest BCUT2D eigenvalue weighted by molar-refractivity contribution is 0.182. The summed E-state index contributed by atoms with van der Waals surface area (Å²) in [7, 11) is 1.66. The van der Waals surface area contributed by atoms with Crippen LogP contribution in [0.3, 0.4) is 0 Å². The van der Waals surface area contributed by atoms with Crippen molar-refractivity contribution in [2.45, 2.75) is 19.4 Å². The molecule has 0 unspecified atom stereocenters. The Kier molecular flexibility index (Phi) is 5.16. The second kappa shape index (κ2) is 7.32. The van der Waals surface area contributed by atoms with E-state index in [1.807, 2.05) is 16.8 Å². The van der Waals surface area contributed by atoms with E-state index in [0.717, 1.165) is 28.7 Å². The van der Waals surface area contributed by atoms with E-state index >= 15 is 0 Å². The number of aryl methyl sites for hydroxylation is 2. The van der Waals surface area contributed by atoms with Gasteiger partial charge in [-0.1, -0.05) is 6.07 Å². The van der Waals surface area contributed by atoms with Crippen LogP contribution < -0.4 is 0 Å². The molecule has 0 atom stereocenters. The standard InChI is InChI=1S/C18H18BrFN2O2/c1-24-7-6-22-15(11-18(19)21-22)4-2-12-8-13-10-14(20)3-5-16(13)17(23)9-12/h3,5,8-11,23H,2,4,6-7H2,1H3. The van der Waals surface area contributed by atoms with E-state index in [0.29, 0.717) is 23.9 Å². The van der Waals surface area contributed by atoms with Crippen molar-refractivity contribution >= 4 is 26.7 Å². The highest BCUT2D eigenvalue weighted by Crippen LogP contribution is 2.28. The lowest BCUT2D eigenvalue weighted by Crippen LogP contribution is -2.10. The highest BCUT2D eigenvalue weighted by Gasteiger charge is 2.09. The fraction of sp³-hybridized carbons (Fsp3) is 0.278. The van der Waals surface area contributed by atoms with E-state index in [2.05, 4.69) is 21.0 Å². The van der Waals surface area contributed by atoms with Crippen LogP contribution in [0.15, 0.2) is 41.0 Å². The molecule has 0 aliphatic heterocycles. The topological polar surface area (TPSA) is 47.3 Å². The molecule has 3 rings (SSSR count). The van der Waals surface area contributed by atoms with E-state index in [-0.39, 0.29) is 11.6 Å². The fourth-order valence-electron chi connectivity index (χ4n) is 2.79. The van der Waals surface area contributed by atoms with E-state index < -0.39 is 0 Å². The van der Waals surface area contributed by atoms with Gasteiger partial charge in [0, 0.05) is 18.2 Å². The van der Waals surface area contributed by atoms with Crippen LogP contribution in [0.4, 0.5) is 4.39 Å². The molecule has 3 aromatic rings. The first-order valence-corrected chi connectivity index (χ1v) is 8.48. The van der Waals surface area contributed by atoms with E-state index in [1.54, 1.807) is 19.2 Å². The number of rotatable bonds is 6. The molecule has 4 nitrogen and oxygen atoms in total. The van der Waals surface area contributed by atoms with Crippen LogP contribution in [0.1, 0.15) is 11.3 Å². The predicted octanol–water partition coefficient (Wildman–Crippen LogP) is 4.08. The molecule has 0 bridgehead atoms. The number of hydrogen-bond acceptors (Lipinski definition) is 3. The number of fused-ring (bicyclic) bond motifs is 1. The highest BCUT2D eigenvalue weighted by molar-refractivity contribution is 9.10. The van der Waals surface area contributed by atoms with Gasteiger partial charge in [-0.05, 0) is 70.1 Å². The van der Waals surface area contributed by atoms with Gasteiger partial charge in [0.1, 0.15) is 16.2 Å². The molecule has 1 heterocycles. The molecular formula is C18H18BrFN2O2. The molecule has 0 aliphatic carbocycles. The number of hydrogen-bond donors (Lipinski definition) is 1. The first kappa shape index (κ1) is 16.9. The molecule has 1 N–H and O–H groups in total. The van der Waals surface area contributed by atoms with Gasteiger partial charge in [-0.15, -0.1) is 0 Å². The maximum absolute atomic E-state index is 13.4. The number of aromatic hydroxyl groups is 1. The summed E-state index contributed by atoms with van der Waals surface area (Å²) in [5.74, 6) is -0.128. The van der Waals surface area contributed by atoms with Crippen molar-refractivity contribution in [2.24, 2.45) is 0 Å². The first-order valence-electron chi connectivity index (χ1n) is 7.69. The summed E-state index contributed by atoms with van der Waals surface area (Å²) in [4.78, 5) is 0. The third-order valence-corrected chi connectivity index (χ3v) is 4.35. The Labute approximate surface area is 148 Å². The minimum Gasteiger partial charge on any atom is -0.507 e. The predicted molar refractivity (Wildman–Crippen MR) is 94.8 cm³/mol. The van der Waals surface area contributed by atoms with Gasteiger partial charge in [0.2, 0.25) is 0 Å². The lowest BCUT2D eigenvalue weighted by Gasteiger charge is -2.09. The van der Waals surface area contributed by atoms with E-state index in [4.69, 9.17) is 4.74 Å². The maximum atomic E-state index is 13.4. The van der Waals surface area contributed by atoms with Crippen molar-refractivity contribution in [3.63, 3.8) is 0 Å². The summed E-state index contributed by atoms with van der Waals surface area (Å²) < 4.78 is 21.2. The number of phenolic OH excluding ortho intramolecular Hbond substituents is 1. The van der Waals surface area contributed by atoms with Crippen LogP contribution >= 0.6 is 15.9 Å². The number of benzene rings is 2. The molecule has 126 valence electrons. The zero-order valence-electron chi connectivity index (χ0n) is 13.3. The average Bonchev–Trinajstić information content (AvgIpc) is 2.90. The third kappa shape index (κ3) is 3.76. The quantitative estimate of drug-likeness (QED) is 0.687. The molecule has 24 heavy (non-hydrogen) atoms. The Morgan fingerprint density at radius 1 is 1.21 bits per heavy atom. The average molecular weight is 393 g/mol. The molecule has 1 aromatic heterocycles. The van der Waals surface area contributed by atoms with Crippen LogP contribution in [-0.2, 0) is 24.1 Å². The number of nitrogens with zero attached hydrogens (tertiary/aromatic N) is 2. The van der Waals surface area contributed by atoms with Crippen molar-refractivity contribution in [3.8, 4) is 5.75 Å². The molecule has 0 fully saturated rings. The summed E-state index contributed by atoms with van der Waals surface area (Å²) in [6.07, 6.45) is 1.49. The molecule has 0 spiro atoms. The number of methoxy groups -OCH3 is 1. The Bertz CT molecular complexity index is 864. The van der Waals surface area contributed by atoms with Crippen molar-refractivity contribution in [3.05, 3.63) is 58.1 Å². The molecule has 0 radical (unpaired) electrons. The highest BCUT2D eigenvalue weighted by atomic mass is 79.9. The monoisotopic (exact) mass is 392 g/mol. The van der Waals surface area contributed by atoms with Crippen molar-refractivity contribution in [1.29, 1.82) is 0 Å². The second-order valence-corrected chi connectivity index (χ2v) is 6.47. The second-order valence-electron chi connectivity index (χ2n) is 5.65. The maximum Gasteiger partial charge on any atom is 0.128 e. The summed E-state index contributed by atoms with van der Waals surface area (Å²) in [5, 5.41) is 15.9.